The van der Waals surface area contributed by atoms with Crippen molar-refractivity contribution in [2.24, 2.45) is 0 Å². The smallest absolute Gasteiger partial charge is 0.174 e. The lowest BCUT2D eigenvalue weighted by molar-refractivity contribution is 0.350. The average molecular weight is 292 g/mol. The normalized spacial score (nSPS) is 10.8. The highest BCUT2D eigenvalue weighted by atomic mass is 79.9. The Hall–Kier alpha value is -0.250. The number of ether oxygens (including phenoxy) is 1. The van der Waals surface area contributed by atoms with Crippen LogP contribution in [0.1, 0.15) is 6.92 Å². The van der Waals surface area contributed by atoms with Crippen LogP contribution in [0.2, 0.25) is 5.02 Å². The van der Waals surface area contributed by atoms with Crippen LogP contribution < -0.4 is 4.74 Å². The molecule has 0 radical (unpaired) electrons. The molecule has 1 aromatic carbocycles. The van der Waals surface area contributed by atoms with Crippen LogP contribution in [-0.4, -0.2) is 6.61 Å². The Morgan fingerprint density at radius 2 is 2.29 bits per heavy atom. The summed E-state index contributed by atoms with van der Waals surface area (Å²) in [7, 11) is 0. The van der Waals surface area contributed by atoms with Crippen molar-refractivity contribution in [2.75, 3.05) is 6.61 Å². The molecule has 0 unspecified atom stereocenters. The third-order valence-corrected chi connectivity index (χ3v) is 4.05. The number of halogens is 2. The summed E-state index contributed by atoms with van der Waals surface area (Å²) in [6, 6.07) is 5.85. The molecular weight excluding hydrogens is 284 g/mol. The zero-order valence-electron chi connectivity index (χ0n) is 7.51. The highest BCUT2D eigenvalue weighted by Gasteiger charge is 2.08. The zero-order chi connectivity index (χ0) is 10.1. The maximum absolute atomic E-state index is 6.08. The third-order valence-electron chi connectivity index (χ3n) is 1.85. The summed E-state index contributed by atoms with van der Waals surface area (Å²) in [6.07, 6.45) is 0. The molecule has 0 amide bonds. The molecule has 1 aromatic heterocycles. The maximum atomic E-state index is 6.08. The van der Waals surface area contributed by atoms with Crippen LogP contribution in [0.4, 0.5) is 0 Å². The van der Waals surface area contributed by atoms with Crippen LogP contribution in [0.15, 0.2) is 22.7 Å². The minimum atomic E-state index is 0.683. The van der Waals surface area contributed by atoms with Crippen LogP contribution in [-0.2, 0) is 0 Å². The molecule has 2 rings (SSSR count). The molecule has 0 fully saturated rings. The van der Waals surface area contributed by atoms with Gasteiger partial charge in [0.1, 0.15) is 0 Å². The van der Waals surface area contributed by atoms with Crippen LogP contribution in [0.5, 0.6) is 5.06 Å². The van der Waals surface area contributed by atoms with Crippen molar-refractivity contribution >= 4 is 49.0 Å². The molecule has 4 heteroatoms. The molecule has 0 atom stereocenters. The summed E-state index contributed by atoms with van der Waals surface area (Å²) in [5.41, 5.74) is 0. The van der Waals surface area contributed by atoms with Crippen LogP contribution >= 0.6 is 38.9 Å². The summed E-state index contributed by atoms with van der Waals surface area (Å²) in [5, 5.41) is 2.81. The van der Waals surface area contributed by atoms with Gasteiger partial charge in [-0.2, -0.15) is 0 Å². The van der Waals surface area contributed by atoms with Gasteiger partial charge in [-0.25, -0.2) is 0 Å². The van der Waals surface area contributed by atoms with Crippen molar-refractivity contribution in [1.82, 2.24) is 0 Å². The molecule has 1 heterocycles. The Balaban J connectivity index is 2.63. The van der Waals surface area contributed by atoms with E-state index < -0.39 is 0 Å². The lowest BCUT2D eigenvalue weighted by atomic mass is 10.3. The first-order valence-electron chi connectivity index (χ1n) is 4.22. The Morgan fingerprint density at radius 1 is 1.50 bits per heavy atom. The Bertz CT molecular complexity index is 427. The maximum Gasteiger partial charge on any atom is 0.174 e. The Labute approximate surface area is 99.8 Å². The fourth-order valence-electron chi connectivity index (χ4n) is 1.25. The van der Waals surface area contributed by atoms with E-state index in [0.29, 0.717) is 6.61 Å². The van der Waals surface area contributed by atoms with Crippen molar-refractivity contribution in [3.63, 3.8) is 0 Å². The monoisotopic (exact) mass is 290 g/mol. The second kappa shape index (κ2) is 4.09. The molecule has 0 aliphatic heterocycles. The van der Waals surface area contributed by atoms with Crippen LogP contribution in [0.25, 0.3) is 10.1 Å². The molecule has 0 spiro atoms. The number of benzene rings is 1. The molecular formula is C10H8BrClOS. The zero-order valence-corrected chi connectivity index (χ0v) is 10.7. The van der Waals surface area contributed by atoms with Gasteiger partial charge in [-0.3, -0.25) is 0 Å². The van der Waals surface area contributed by atoms with Gasteiger partial charge in [0.05, 0.1) is 16.3 Å². The summed E-state index contributed by atoms with van der Waals surface area (Å²) in [5.74, 6) is 0. The van der Waals surface area contributed by atoms with Crippen molar-refractivity contribution in [1.29, 1.82) is 0 Å². The van der Waals surface area contributed by atoms with Gasteiger partial charge in [0.15, 0.2) is 5.06 Å². The second-order valence-corrected chi connectivity index (χ2v) is 5.05. The summed E-state index contributed by atoms with van der Waals surface area (Å²) in [6.45, 7) is 2.66. The molecule has 0 N–H and O–H groups in total. The van der Waals surface area contributed by atoms with E-state index in [1.54, 1.807) is 11.3 Å². The Kier molecular flexibility index (Phi) is 3.00. The second-order valence-electron chi connectivity index (χ2n) is 2.77. The largest absolute Gasteiger partial charge is 0.484 e. The van der Waals surface area contributed by atoms with Gasteiger partial charge in [-0.1, -0.05) is 38.9 Å². The summed E-state index contributed by atoms with van der Waals surface area (Å²) < 4.78 is 7.57. The van der Waals surface area contributed by atoms with Crippen molar-refractivity contribution in [3.05, 3.63) is 27.7 Å². The van der Waals surface area contributed by atoms with E-state index in [9.17, 15) is 0 Å². The van der Waals surface area contributed by atoms with E-state index in [4.69, 9.17) is 16.3 Å². The van der Waals surface area contributed by atoms with E-state index in [-0.39, 0.29) is 0 Å². The van der Waals surface area contributed by atoms with Crippen molar-refractivity contribution < 1.29 is 4.74 Å². The molecule has 74 valence electrons. The van der Waals surface area contributed by atoms with E-state index in [2.05, 4.69) is 15.9 Å². The molecule has 0 saturated carbocycles. The van der Waals surface area contributed by atoms with Gasteiger partial charge >= 0.3 is 0 Å². The molecule has 1 nitrogen and oxygen atoms in total. The van der Waals surface area contributed by atoms with Gasteiger partial charge < -0.3 is 4.74 Å². The topological polar surface area (TPSA) is 9.23 Å². The number of thiophene rings is 1. The van der Waals surface area contributed by atoms with E-state index in [1.165, 1.54) is 0 Å². The number of hydrogen-bond acceptors (Lipinski definition) is 2. The van der Waals surface area contributed by atoms with Crippen molar-refractivity contribution in [3.8, 4) is 5.06 Å². The first-order chi connectivity index (χ1) is 6.72. The minimum absolute atomic E-state index is 0.683. The van der Waals surface area contributed by atoms with Gasteiger partial charge in [-0.15, -0.1) is 0 Å². The Morgan fingerprint density at radius 3 is 2.93 bits per heavy atom. The number of hydrogen-bond donors (Lipinski definition) is 0. The van der Waals surface area contributed by atoms with Gasteiger partial charge in [0.25, 0.3) is 0 Å². The van der Waals surface area contributed by atoms with E-state index >= 15 is 0 Å². The number of rotatable bonds is 2. The minimum Gasteiger partial charge on any atom is -0.484 e. The fraction of sp³-hybridized carbons (Fsp3) is 0.200. The molecule has 0 saturated heterocycles. The highest BCUT2D eigenvalue weighted by Crippen LogP contribution is 2.39. The lowest BCUT2D eigenvalue weighted by Gasteiger charge is -1.94. The highest BCUT2D eigenvalue weighted by molar-refractivity contribution is 9.10. The lowest BCUT2D eigenvalue weighted by Crippen LogP contribution is -1.86. The number of fused-ring (bicyclic) bond motifs is 1. The van der Waals surface area contributed by atoms with Crippen molar-refractivity contribution in [2.45, 2.75) is 6.92 Å². The SMILES string of the molecule is CCOc1cc2c(Br)ccc(Cl)c2s1. The first kappa shape index (κ1) is 10.3. The molecule has 14 heavy (non-hydrogen) atoms. The summed E-state index contributed by atoms with van der Waals surface area (Å²) >= 11 is 11.1. The molecule has 0 bridgehead atoms. The van der Waals surface area contributed by atoms with Gasteiger partial charge in [0.2, 0.25) is 0 Å². The van der Waals surface area contributed by atoms with Crippen LogP contribution in [0.3, 0.4) is 0 Å². The standard InChI is InChI=1S/C10H8BrClOS/c1-2-13-9-5-6-7(11)3-4-8(12)10(6)14-9/h3-5H,2H2,1H3. The van der Waals surface area contributed by atoms with E-state index in [0.717, 1.165) is 24.6 Å². The molecule has 0 aliphatic rings. The first-order valence-corrected chi connectivity index (χ1v) is 6.21. The summed E-state index contributed by atoms with van der Waals surface area (Å²) in [4.78, 5) is 0. The quantitative estimate of drug-likeness (QED) is 0.778. The molecule has 2 aromatic rings. The van der Waals surface area contributed by atoms with E-state index in [1.807, 2.05) is 25.1 Å². The average Bonchev–Trinajstić information content (AvgIpc) is 2.57. The van der Waals surface area contributed by atoms with Crippen LogP contribution in [0, 0.1) is 0 Å². The predicted molar refractivity (Wildman–Crippen MR) is 65.7 cm³/mol. The molecule has 0 aliphatic carbocycles. The third kappa shape index (κ3) is 1.76. The van der Waals surface area contributed by atoms with Gasteiger partial charge in [-0.05, 0) is 19.1 Å². The van der Waals surface area contributed by atoms with Gasteiger partial charge in [0, 0.05) is 15.9 Å². The fourth-order valence-corrected chi connectivity index (χ4v) is 3.10. The predicted octanol–water partition coefficient (Wildman–Crippen LogP) is 4.72.